The number of carbonyl (C=O) groups excluding carboxylic acids is 1. The number of aliphatic carboxylic acids is 1. The van der Waals surface area contributed by atoms with Crippen LogP contribution in [0.25, 0.3) is 10.2 Å². The number of hydrogen-bond acceptors (Lipinski definition) is 5. The zero-order valence-corrected chi connectivity index (χ0v) is 13.9. The van der Waals surface area contributed by atoms with E-state index in [1.165, 1.54) is 11.3 Å². The fraction of sp³-hybridized carbons (Fsp3) is 0.467. The Morgan fingerprint density at radius 3 is 2.62 bits per heavy atom. The quantitative estimate of drug-likeness (QED) is 0.797. The number of primary amides is 1. The highest BCUT2D eigenvalue weighted by atomic mass is 32.1. The van der Waals surface area contributed by atoms with E-state index >= 15 is 0 Å². The van der Waals surface area contributed by atoms with Gasteiger partial charge >= 0.3 is 11.7 Å². The Balaban J connectivity index is 2.38. The average molecular weight is 351 g/mol. The minimum absolute atomic E-state index is 0.351. The second kappa shape index (κ2) is 5.90. The molecule has 0 aromatic carbocycles. The topological polar surface area (TPSA) is 124 Å². The second-order valence-corrected chi connectivity index (χ2v) is 7.24. The summed E-state index contributed by atoms with van der Waals surface area (Å²) < 4.78 is 1.79. The van der Waals surface area contributed by atoms with Gasteiger partial charge in [-0.2, -0.15) is 0 Å². The maximum absolute atomic E-state index is 12.7. The molecule has 0 fully saturated rings. The van der Waals surface area contributed by atoms with Crippen molar-refractivity contribution in [2.75, 3.05) is 0 Å². The zero-order valence-electron chi connectivity index (χ0n) is 13.1. The zero-order chi connectivity index (χ0) is 17.6. The molecule has 8 nitrogen and oxygen atoms in total. The van der Waals surface area contributed by atoms with Gasteiger partial charge in [-0.25, -0.2) is 9.36 Å². The van der Waals surface area contributed by atoms with Gasteiger partial charge in [0.1, 0.15) is 17.9 Å². The molecular weight excluding hydrogens is 334 g/mol. The Morgan fingerprint density at radius 2 is 2.00 bits per heavy atom. The van der Waals surface area contributed by atoms with Gasteiger partial charge in [0.05, 0.1) is 5.39 Å². The van der Waals surface area contributed by atoms with Gasteiger partial charge < -0.3 is 10.8 Å². The molecule has 0 aliphatic heterocycles. The van der Waals surface area contributed by atoms with E-state index in [0.29, 0.717) is 27.1 Å². The SMILES string of the molecule is C[C@H]1CCc2c(sc3c2c(=O)n(CC(=O)O)c(=O)n3CC(N)=O)C1. The van der Waals surface area contributed by atoms with Crippen LogP contribution in [0.1, 0.15) is 23.8 Å². The summed E-state index contributed by atoms with van der Waals surface area (Å²) in [6, 6.07) is 0. The molecule has 128 valence electrons. The summed E-state index contributed by atoms with van der Waals surface area (Å²) in [4.78, 5) is 49.0. The molecule has 1 amide bonds. The van der Waals surface area contributed by atoms with Crippen LogP contribution in [0.5, 0.6) is 0 Å². The number of carboxylic acids is 1. The third-order valence-corrected chi connectivity index (χ3v) is 5.54. The van der Waals surface area contributed by atoms with E-state index in [4.69, 9.17) is 10.8 Å². The summed E-state index contributed by atoms with van der Waals surface area (Å²) in [5, 5.41) is 9.34. The number of carboxylic acid groups (broad SMARTS) is 1. The summed E-state index contributed by atoms with van der Waals surface area (Å²) in [6.45, 7) is 0.990. The van der Waals surface area contributed by atoms with Crippen molar-refractivity contribution in [1.29, 1.82) is 0 Å². The lowest BCUT2D eigenvalue weighted by atomic mass is 9.89. The van der Waals surface area contributed by atoms with Gasteiger partial charge in [-0.1, -0.05) is 6.92 Å². The highest BCUT2D eigenvalue weighted by Crippen LogP contribution is 2.36. The van der Waals surface area contributed by atoms with Crippen LogP contribution in [0.2, 0.25) is 0 Å². The van der Waals surface area contributed by atoms with E-state index in [0.717, 1.165) is 27.8 Å². The predicted octanol–water partition coefficient (Wildman–Crippen LogP) is -0.0806. The van der Waals surface area contributed by atoms with E-state index < -0.39 is 29.7 Å². The van der Waals surface area contributed by atoms with E-state index in [2.05, 4.69) is 6.92 Å². The molecule has 2 aromatic heterocycles. The Bertz CT molecular complexity index is 968. The van der Waals surface area contributed by atoms with Gasteiger partial charge in [-0.05, 0) is 30.7 Å². The monoisotopic (exact) mass is 351 g/mol. The van der Waals surface area contributed by atoms with Crippen molar-refractivity contribution in [1.82, 2.24) is 9.13 Å². The van der Waals surface area contributed by atoms with E-state index in [9.17, 15) is 19.2 Å². The molecule has 0 saturated heterocycles. The van der Waals surface area contributed by atoms with Crippen molar-refractivity contribution in [2.24, 2.45) is 11.7 Å². The molecule has 2 aromatic rings. The maximum atomic E-state index is 12.7. The van der Waals surface area contributed by atoms with E-state index in [1.54, 1.807) is 0 Å². The molecule has 3 N–H and O–H groups in total. The smallest absolute Gasteiger partial charge is 0.333 e. The van der Waals surface area contributed by atoms with Crippen molar-refractivity contribution in [3.05, 3.63) is 31.3 Å². The number of carbonyl (C=O) groups is 2. The van der Waals surface area contributed by atoms with Gasteiger partial charge in [-0.15, -0.1) is 11.3 Å². The minimum Gasteiger partial charge on any atom is -0.480 e. The fourth-order valence-corrected chi connectivity index (χ4v) is 4.67. The summed E-state index contributed by atoms with van der Waals surface area (Å²) in [5.41, 5.74) is 4.67. The number of hydrogen-bond donors (Lipinski definition) is 2. The Morgan fingerprint density at radius 1 is 1.29 bits per heavy atom. The molecule has 9 heteroatoms. The number of aryl methyl sites for hydroxylation is 1. The van der Waals surface area contributed by atoms with Crippen LogP contribution in [-0.2, 0) is 35.5 Å². The first-order valence-electron chi connectivity index (χ1n) is 7.57. The average Bonchev–Trinajstić information content (AvgIpc) is 2.85. The Hall–Kier alpha value is -2.42. The number of nitrogens with zero attached hydrogens (tertiary/aromatic N) is 2. The van der Waals surface area contributed by atoms with Crippen molar-refractivity contribution in [2.45, 2.75) is 39.3 Å². The molecule has 1 aliphatic carbocycles. The molecule has 0 saturated carbocycles. The molecular formula is C15H17N3O5S. The van der Waals surface area contributed by atoms with Crippen LogP contribution < -0.4 is 17.0 Å². The lowest BCUT2D eigenvalue weighted by molar-refractivity contribution is -0.137. The molecule has 3 rings (SSSR count). The minimum atomic E-state index is -1.29. The van der Waals surface area contributed by atoms with Crippen LogP contribution in [0, 0.1) is 5.92 Å². The van der Waals surface area contributed by atoms with Gasteiger partial charge in [0.2, 0.25) is 5.91 Å². The molecule has 0 unspecified atom stereocenters. The molecule has 0 bridgehead atoms. The normalized spacial score (nSPS) is 17.0. The number of rotatable bonds is 4. The first-order chi connectivity index (χ1) is 11.3. The highest BCUT2D eigenvalue weighted by molar-refractivity contribution is 7.18. The molecule has 0 radical (unpaired) electrons. The molecule has 24 heavy (non-hydrogen) atoms. The largest absolute Gasteiger partial charge is 0.480 e. The number of thiophene rings is 1. The van der Waals surface area contributed by atoms with E-state index in [1.807, 2.05) is 0 Å². The van der Waals surface area contributed by atoms with Gasteiger partial charge in [0, 0.05) is 4.88 Å². The van der Waals surface area contributed by atoms with Crippen LogP contribution in [0.3, 0.4) is 0 Å². The van der Waals surface area contributed by atoms with Gasteiger partial charge in [0.15, 0.2) is 0 Å². The molecule has 1 aliphatic rings. The second-order valence-electron chi connectivity index (χ2n) is 6.15. The Labute approximate surface area is 140 Å². The van der Waals surface area contributed by atoms with Crippen LogP contribution in [0.4, 0.5) is 0 Å². The molecule has 1 atom stereocenters. The van der Waals surface area contributed by atoms with Crippen LogP contribution in [0.15, 0.2) is 9.59 Å². The lowest BCUT2D eigenvalue weighted by Crippen LogP contribution is -2.43. The summed E-state index contributed by atoms with van der Waals surface area (Å²) in [6.07, 6.45) is 2.43. The van der Waals surface area contributed by atoms with Crippen LogP contribution >= 0.6 is 11.3 Å². The highest BCUT2D eigenvalue weighted by Gasteiger charge is 2.26. The van der Waals surface area contributed by atoms with E-state index in [-0.39, 0.29) is 6.54 Å². The Kier molecular flexibility index (Phi) is 4.04. The maximum Gasteiger partial charge on any atom is 0.333 e. The van der Waals surface area contributed by atoms with Gasteiger partial charge in [0.25, 0.3) is 5.56 Å². The van der Waals surface area contributed by atoms with Crippen molar-refractivity contribution in [3.8, 4) is 0 Å². The first kappa shape index (κ1) is 16.4. The lowest BCUT2D eigenvalue weighted by Gasteiger charge is -2.17. The fourth-order valence-electron chi connectivity index (χ4n) is 3.17. The van der Waals surface area contributed by atoms with Crippen molar-refractivity contribution in [3.63, 3.8) is 0 Å². The van der Waals surface area contributed by atoms with Crippen molar-refractivity contribution >= 4 is 33.4 Å². The standard InChI is InChI=1S/C15H17N3O5S/c1-7-2-3-8-9(4-7)24-14-12(8)13(22)17(6-11(20)21)15(23)18(14)5-10(16)19/h7H,2-6H2,1H3,(H2,16,19)(H,20,21)/t7-/m0/s1. The predicted molar refractivity (Wildman–Crippen MR) is 88.4 cm³/mol. The number of amides is 1. The number of aromatic nitrogens is 2. The number of nitrogens with two attached hydrogens (primary N) is 1. The third kappa shape index (κ3) is 2.64. The summed E-state index contributed by atoms with van der Waals surface area (Å²) in [7, 11) is 0. The first-order valence-corrected chi connectivity index (χ1v) is 8.39. The third-order valence-electron chi connectivity index (χ3n) is 4.27. The molecule has 2 heterocycles. The summed E-state index contributed by atoms with van der Waals surface area (Å²) >= 11 is 1.32. The summed E-state index contributed by atoms with van der Waals surface area (Å²) in [5.74, 6) is -1.54. The number of fused-ring (bicyclic) bond motifs is 3. The van der Waals surface area contributed by atoms with Crippen LogP contribution in [-0.4, -0.2) is 26.1 Å². The van der Waals surface area contributed by atoms with Crippen molar-refractivity contribution < 1.29 is 14.7 Å². The van der Waals surface area contributed by atoms with Gasteiger partial charge in [-0.3, -0.25) is 19.0 Å². The molecule has 0 spiro atoms.